The Morgan fingerprint density at radius 2 is 1.30 bits per heavy atom. The van der Waals surface area contributed by atoms with E-state index in [2.05, 4.69) is 95.1 Å². The fourth-order valence-corrected chi connectivity index (χ4v) is 4.53. The normalized spacial score (nSPS) is 10.5. The first-order valence-electron chi connectivity index (χ1n) is 10.1. The van der Waals surface area contributed by atoms with Crippen LogP contribution in [-0.4, -0.2) is 14.2 Å². The van der Waals surface area contributed by atoms with Crippen molar-refractivity contribution in [3.8, 4) is 11.3 Å². The maximum atomic E-state index is 11.6. The molecule has 33 heavy (non-hydrogen) atoms. The highest BCUT2D eigenvalue weighted by atomic mass is 127. The molecule has 0 atom stereocenters. The zero-order chi connectivity index (χ0) is 24.0. The second kappa shape index (κ2) is 12.2. The molecule has 4 rings (SSSR count). The van der Waals surface area contributed by atoms with Crippen molar-refractivity contribution in [2.75, 3.05) is 13.1 Å². The quantitative estimate of drug-likeness (QED) is 0.101. The van der Waals surface area contributed by atoms with Gasteiger partial charge in [-0.2, -0.15) is 4.57 Å². The maximum absolute atomic E-state index is 11.6. The molecule has 2 N–H and O–H groups in total. The van der Waals surface area contributed by atoms with Crippen LogP contribution in [0.15, 0.2) is 66.7 Å². The Hall–Kier alpha value is -1.54. The molecule has 0 aliphatic carbocycles. The van der Waals surface area contributed by atoms with Gasteiger partial charge in [-0.25, -0.2) is 0 Å². The van der Waals surface area contributed by atoms with Crippen LogP contribution >= 0.6 is 67.8 Å². The van der Waals surface area contributed by atoms with Crippen LogP contribution in [0.4, 0.5) is 11.4 Å². The molecule has 1 heterocycles. The summed E-state index contributed by atoms with van der Waals surface area (Å²) >= 11 is 6.91. The Morgan fingerprint density at radius 1 is 0.758 bits per heavy atom. The van der Waals surface area contributed by atoms with Gasteiger partial charge in [0.2, 0.25) is 23.0 Å². The van der Waals surface area contributed by atoms with Crippen LogP contribution in [0, 0.1) is 0 Å². The summed E-state index contributed by atoms with van der Waals surface area (Å²) < 4.78 is 4.16. The van der Waals surface area contributed by atoms with Gasteiger partial charge in [0, 0.05) is 42.2 Å². The number of aromatic nitrogens is 1. The van der Waals surface area contributed by atoms with E-state index in [1.165, 1.54) is 16.3 Å². The van der Waals surface area contributed by atoms with Crippen LogP contribution in [0.1, 0.15) is 13.8 Å². The third-order valence-electron chi connectivity index (χ3n) is 4.93. The molecule has 3 aromatic carbocycles. The van der Waals surface area contributed by atoms with Gasteiger partial charge in [-0.3, -0.25) is 9.59 Å². The lowest BCUT2D eigenvalue weighted by Gasteiger charge is -2.13. The monoisotopic (exact) mass is 778 g/mol. The van der Waals surface area contributed by atoms with E-state index in [1.807, 2.05) is 54.6 Å². The molecule has 0 spiro atoms. The van der Waals surface area contributed by atoms with Crippen molar-refractivity contribution in [2.24, 2.45) is 0 Å². The summed E-state index contributed by atoms with van der Waals surface area (Å²) in [5.74, 6) is -0.197. The van der Waals surface area contributed by atoms with Crippen molar-refractivity contribution in [1.82, 2.24) is 0 Å². The third-order valence-corrected chi connectivity index (χ3v) is 5.61. The predicted molar refractivity (Wildman–Crippen MR) is 163 cm³/mol. The van der Waals surface area contributed by atoms with Crippen molar-refractivity contribution in [1.29, 1.82) is 0 Å². The smallest absolute Gasteiger partial charge is 0.221 e. The van der Waals surface area contributed by atoms with E-state index >= 15 is 0 Å². The number of rotatable bonds is 4. The minimum absolute atomic E-state index is 0.0978. The van der Waals surface area contributed by atoms with E-state index < -0.39 is 0 Å². The Bertz CT molecular complexity index is 1310. The first kappa shape index (κ1) is 26.1. The van der Waals surface area contributed by atoms with Crippen LogP contribution in [0.2, 0.25) is 0 Å². The summed E-state index contributed by atoms with van der Waals surface area (Å²) in [5.41, 5.74) is 4.73. The maximum Gasteiger partial charge on any atom is 0.221 e. The summed E-state index contributed by atoms with van der Waals surface area (Å²) in [6.07, 6.45) is 0. The fourth-order valence-electron chi connectivity index (χ4n) is 3.82. The molecule has 5 nitrogen and oxygen atoms in total. The minimum atomic E-state index is -0.0990. The molecule has 0 unspecified atom stereocenters. The van der Waals surface area contributed by atoms with Gasteiger partial charge in [0.05, 0.1) is 13.2 Å². The highest BCUT2D eigenvalue weighted by Crippen LogP contribution is 2.34. The van der Waals surface area contributed by atoms with E-state index in [0.717, 1.165) is 48.9 Å². The van der Waals surface area contributed by atoms with Gasteiger partial charge < -0.3 is 10.6 Å². The predicted octanol–water partition coefficient (Wildman–Crippen LogP) is 7.07. The first-order valence-corrected chi connectivity index (χ1v) is 14.7. The Balaban J connectivity index is 0.000000968. The van der Waals surface area contributed by atoms with Crippen molar-refractivity contribution < 1.29 is 14.2 Å². The number of benzene rings is 3. The van der Waals surface area contributed by atoms with Crippen molar-refractivity contribution >= 4 is 113 Å². The summed E-state index contributed by atoms with van der Waals surface area (Å²) in [6, 6.07) is 22.2. The molecular weight excluding hydrogens is 755 g/mol. The number of nitrogens with one attached hydrogen (secondary N) is 2. The largest absolute Gasteiger partial charge is 0.326 e. The number of halogens is 3. The van der Waals surface area contributed by atoms with Gasteiger partial charge in [0.15, 0.2) is 4.55 Å². The number of carbonyl (C=O) groups excluding carboxylic acids is 2. The van der Waals surface area contributed by atoms with Gasteiger partial charge in [-0.15, -0.1) is 0 Å². The number of hydrogen-bond donors (Lipinski definition) is 2. The summed E-state index contributed by atoms with van der Waals surface area (Å²) in [4.78, 5) is 23.2. The van der Waals surface area contributed by atoms with Crippen LogP contribution in [0.25, 0.3) is 32.9 Å². The molecule has 0 saturated heterocycles. The lowest BCUT2D eigenvalue weighted by atomic mass is 9.98. The van der Waals surface area contributed by atoms with Crippen molar-refractivity contribution in [3.05, 3.63) is 66.7 Å². The fraction of sp³-hybridized carbons (Fsp3) is 0.160. The number of pyridine rings is 1. The highest BCUT2D eigenvalue weighted by Gasteiger charge is 2.23. The van der Waals surface area contributed by atoms with E-state index in [1.54, 1.807) is 0 Å². The zero-order valence-electron chi connectivity index (χ0n) is 18.2. The molecule has 0 aliphatic rings. The highest BCUT2D eigenvalue weighted by molar-refractivity contribution is 14.2. The lowest BCUT2D eigenvalue weighted by Crippen LogP contribution is -2.35. The molecule has 8 heteroatoms. The van der Waals surface area contributed by atoms with Crippen LogP contribution in [-0.2, 0) is 14.1 Å². The molecular formula is C25H23I3N3O2+. The molecule has 0 radical (unpaired) electrons. The number of amides is 2. The molecule has 2 amide bonds. The Labute approximate surface area is 234 Å². The summed E-state index contributed by atoms with van der Waals surface area (Å²) in [5, 5.41) is 9.02. The Kier molecular flexibility index (Phi) is 9.68. The molecule has 0 fully saturated rings. The summed E-state index contributed by atoms with van der Waals surface area (Å²) in [6.45, 7) is 3.02. The van der Waals surface area contributed by atoms with E-state index in [-0.39, 0.29) is 11.8 Å². The number of fused-ring (bicyclic) bond motifs is 3. The average Bonchev–Trinajstić information content (AvgIpc) is 2.78. The number of carbonyl (C=O) groups is 2. The molecule has 0 saturated carbocycles. The lowest BCUT2D eigenvalue weighted by molar-refractivity contribution is -0.631. The van der Waals surface area contributed by atoms with Gasteiger partial charge in [-0.05, 0) is 59.0 Å². The average molecular weight is 778 g/mol. The molecule has 0 bridgehead atoms. The van der Waals surface area contributed by atoms with Gasteiger partial charge >= 0.3 is 0 Å². The number of nitrogens with zero attached hydrogens (tertiary/aromatic N) is 1. The van der Waals surface area contributed by atoms with Gasteiger partial charge in [-0.1, -0.05) is 69.4 Å². The SMILES string of the molecule is CC(=O)Nc1ccc2c(c1)c(-c1ccccc1)[n+](CI)c1cc(NC(C)=O)ccc21.ICI. The van der Waals surface area contributed by atoms with Crippen LogP contribution in [0.3, 0.4) is 0 Å². The number of alkyl halides is 3. The molecule has 0 aliphatic heterocycles. The standard InChI is InChI=1S/C24H20IN3O2.CH2I2/c1-15(29)26-18-8-10-20-21-11-9-19(27-16(2)30)13-23(21)28(14-25)24(22(20)12-18)17-6-4-3-5-7-17;2-1-3/h3-13H,14H2,1-2H3,(H,26,29);1H2/p+1. The van der Waals surface area contributed by atoms with E-state index in [0.29, 0.717) is 0 Å². The molecule has 170 valence electrons. The van der Waals surface area contributed by atoms with E-state index in [4.69, 9.17) is 0 Å². The van der Waals surface area contributed by atoms with Gasteiger partial charge in [0.25, 0.3) is 0 Å². The second-order valence-corrected chi connectivity index (χ2v) is 12.3. The van der Waals surface area contributed by atoms with Crippen LogP contribution in [0.5, 0.6) is 0 Å². The first-order chi connectivity index (χ1) is 15.9. The molecule has 1 aromatic heterocycles. The van der Waals surface area contributed by atoms with Crippen LogP contribution < -0.4 is 15.2 Å². The Morgan fingerprint density at radius 3 is 1.85 bits per heavy atom. The van der Waals surface area contributed by atoms with Gasteiger partial charge in [0.1, 0.15) is 0 Å². The number of hydrogen-bond acceptors (Lipinski definition) is 2. The second-order valence-electron chi connectivity index (χ2n) is 7.22. The van der Waals surface area contributed by atoms with E-state index in [9.17, 15) is 9.59 Å². The molecule has 4 aromatic rings. The summed E-state index contributed by atoms with van der Waals surface area (Å²) in [7, 11) is 0. The van der Waals surface area contributed by atoms with Crippen molar-refractivity contribution in [3.63, 3.8) is 0 Å². The third kappa shape index (κ3) is 6.32. The number of anilines is 2. The minimum Gasteiger partial charge on any atom is -0.326 e. The zero-order valence-corrected chi connectivity index (χ0v) is 24.6. The topological polar surface area (TPSA) is 62.1 Å². The van der Waals surface area contributed by atoms with Crippen molar-refractivity contribution in [2.45, 2.75) is 18.4 Å².